The molecule has 0 radical (unpaired) electrons. The molecule has 0 aliphatic carbocycles. The van der Waals surface area contributed by atoms with Gasteiger partial charge >= 0.3 is 0 Å². The van der Waals surface area contributed by atoms with E-state index in [0.717, 1.165) is 11.3 Å². The summed E-state index contributed by atoms with van der Waals surface area (Å²) in [6.07, 6.45) is 0. The number of methoxy groups -OCH3 is 2. The summed E-state index contributed by atoms with van der Waals surface area (Å²) < 4.78 is 10.5. The molecule has 25 heavy (non-hydrogen) atoms. The van der Waals surface area contributed by atoms with Crippen molar-refractivity contribution in [1.29, 1.82) is 0 Å². The minimum atomic E-state index is -0.170. The zero-order chi connectivity index (χ0) is 18.0. The van der Waals surface area contributed by atoms with Crippen molar-refractivity contribution in [2.24, 2.45) is 0 Å². The summed E-state index contributed by atoms with van der Waals surface area (Å²) in [5.74, 6) is 1.89. The average molecular weight is 398 g/mol. The molecule has 0 bridgehead atoms. The van der Waals surface area contributed by atoms with Crippen LogP contribution in [0.1, 0.15) is 21.3 Å². The molecule has 2 aromatic rings. The Hall–Kier alpha value is -1.56. The summed E-state index contributed by atoms with van der Waals surface area (Å²) in [5.41, 5.74) is 1.36. The molecule has 2 aromatic carbocycles. The maximum atomic E-state index is 13.1. The molecule has 1 heterocycles. The molecule has 7 heteroatoms. The van der Waals surface area contributed by atoms with Gasteiger partial charge < -0.3 is 14.4 Å². The van der Waals surface area contributed by atoms with E-state index in [2.05, 4.69) is 0 Å². The van der Waals surface area contributed by atoms with Gasteiger partial charge in [0, 0.05) is 29.5 Å². The Labute approximate surface area is 161 Å². The van der Waals surface area contributed by atoms with Crippen molar-refractivity contribution in [3.8, 4) is 11.5 Å². The Morgan fingerprint density at radius 3 is 2.48 bits per heavy atom. The monoisotopic (exact) mass is 397 g/mol. The van der Waals surface area contributed by atoms with E-state index in [0.29, 0.717) is 33.7 Å². The molecule has 0 aromatic heterocycles. The molecule has 0 saturated carbocycles. The first-order chi connectivity index (χ1) is 12.0. The van der Waals surface area contributed by atoms with E-state index in [-0.39, 0.29) is 11.3 Å². The highest BCUT2D eigenvalue weighted by atomic mass is 35.5. The number of hydrogen-bond acceptors (Lipinski definition) is 4. The van der Waals surface area contributed by atoms with Gasteiger partial charge in [-0.15, -0.1) is 11.8 Å². The van der Waals surface area contributed by atoms with Crippen LogP contribution < -0.4 is 9.47 Å². The van der Waals surface area contributed by atoms with E-state index in [4.69, 9.17) is 32.7 Å². The lowest BCUT2D eigenvalue weighted by Crippen LogP contribution is -2.30. The number of nitrogens with zero attached hydrogens (tertiary/aromatic N) is 1. The van der Waals surface area contributed by atoms with Crippen LogP contribution in [0.4, 0.5) is 0 Å². The molecule has 4 nitrogen and oxygen atoms in total. The largest absolute Gasteiger partial charge is 0.497 e. The van der Waals surface area contributed by atoms with Crippen LogP contribution in [-0.2, 0) is 0 Å². The molecule has 3 rings (SSSR count). The fraction of sp³-hybridized carbons (Fsp3) is 0.278. The quantitative estimate of drug-likeness (QED) is 0.735. The van der Waals surface area contributed by atoms with E-state index in [1.54, 1.807) is 55.1 Å². The maximum absolute atomic E-state index is 13.1. The van der Waals surface area contributed by atoms with E-state index in [9.17, 15) is 4.79 Å². The first-order valence-electron chi connectivity index (χ1n) is 7.64. The molecule has 0 spiro atoms. The van der Waals surface area contributed by atoms with Crippen LogP contribution in [0.2, 0.25) is 10.0 Å². The zero-order valence-corrected chi connectivity index (χ0v) is 16.1. The fourth-order valence-corrected chi connectivity index (χ4v) is 4.50. The van der Waals surface area contributed by atoms with Gasteiger partial charge in [0.2, 0.25) is 0 Å². The van der Waals surface area contributed by atoms with Crippen LogP contribution in [0.15, 0.2) is 36.4 Å². The lowest BCUT2D eigenvalue weighted by Gasteiger charge is -2.25. The summed E-state index contributed by atoms with van der Waals surface area (Å²) in [6.45, 7) is 0.635. The van der Waals surface area contributed by atoms with Crippen molar-refractivity contribution in [3.05, 3.63) is 57.6 Å². The topological polar surface area (TPSA) is 38.8 Å². The minimum Gasteiger partial charge on any atom is -0.497 e. The highest BCUT2D eigenvalue weighted by Crippen LogP contribution is 2.43. The molecule has 1 saturated heterocycles. The number of rotatable bonds is 4. The van der Waals surface area contributed by atoms with Gasteiger partial charge in [-0.05, 0) is 18.2 Å². The number of amides is 1. The smallest absolute Gasteiger partial charge is 0.255 e. The molecule has 1 aliphatic rings. The Morgan fingerprint density at radius 1 is 1.16 bits per heavy atom. The third-order valence-electron chi connectivity index (χ3n) is 4.00. The van der Waals surface area contributed by atoms with Gasteiger partial charge in [-0.25, -0.2) is 0 Å². The number of halogens is 2. The van der Waals surface area contributed by atoms with Crippen LogP contribution >= 0.6 is 35.0 Å². The summed E-state index contributed by atoms with van der Waals surface area (Å²) >= 11 is 14.2. The summed E-state index contributed by atoms with van der Waals surface area (Å²) in [4.78, 5) is 14.9. The fourth-order valence-electron chi connectivity index (χ4n) is 2.74. The van der Waals surface area contributed by atoms with Gasteiger partial charge in [-0.3, -0.25) is 4.79 Å². The van der Waals surface area contributed by atoms with Crippen LogP contribution in [0.5, 0.6) is 11.5 Å². The van der Waals surface area contributed by atoms with Gasteiger partial charge in [0.15, 0.2) is 0 Å². The van der Waals surface area contributed by atoms with E-state index < -0.39 is 0 Å². The average Bonchev–Trinajstić information content (AvgIpc) is 3.12. The van der Waals surface area contributed by atoms with Gasteiger partial charge in [0.25, 0.3) is 5.91 Å². The second-order valence-electron chi connectivity index (χ2n) is 5.47. The van der Waals surface area contributed by atoms with E-state index >= 15 is 0 Å². The highest BCUT2D eigenvalue weighted by Gasteiger charge is 2.33. The number of benzene rings is 2. The SMILES string of the molecule is COc1cc(OC)cc(C(=O)N2CCS[C@H]2c2cccc(Cl)c2Cl)c1. The standard InChI is InChI=1S/C18H17Cl2NO3S/c1-23-12-8-11(9-13(10-12)24-2)17(22)21-6-7-25-18(21)14-4-3-5-15(19)16(14)20/h3-5,8-10,18H,6-7H2,1-2H3/t18-/m0/s1. The molecule has 0 unspecified atom stereocenters. The van der Waals surface area contributed by atoms with Crippen LogP contribution in [0.3, 0.4) is 0 Å². The lowest BCUT2D eigenvalue weighted by atomic mass is 10.1. The molecule has 1 amide bonds. The van der Waals surface area contributed by atoms with Crippen LogP contribution in [-0.4, -0.2) is 37.3 Å². The van der Waals surface area contributed by atoms with Crippen molar-refractivity contribution in [3.63, 3.8) is 0 Å². The Bertz CT molecular complexity index is 778. The highest BCUT2D eigenvalue weighted by molar-refractivity contribution is 7.99. The first-order valence-corrected chi connectivity index (χ1v) is 9.45. The number of ether oxygens (including phenoxy) is 2. The summed E-state index contributed by atoms with van der Waals surface area (Å²) in [7, 11) is 3.12. The van der Waals surface area contributed by atoms with E-state index in [1.807, 2.05) is 12.1 Å². The minimum absolute atomic E-state index is 0.0942. The summed E-state index contributed by atoms with van der Waals surface area (Å²) in [6, 6.07) is 10.7. The third kappa shape index (κ3) is 3.68. The molecule has 1 aliphatic heterocycles. The number of carbonyl (C=O) groups is 1. The second kappa shape index (κ2) is 7.77. The third-order valence-corrected chi connectivity index (χ3v) is 6.07. The van der Waals surface area contributed by atoms with Gasteiger partial charge in [0.1, 0.15) is 16.9 Å². The van der Waals surface area contributed by atoms with Crippen LogP contribution in [0, 0.1) is 0 Å². The maximum Gasteiger partial charge on any atom is 0.255 e. The molecular formula is C18H17Cl2NO3S. The van der Waals surface area contributed by atoms with Crippen molar-refractivity contribution in [1.82, 2.24) is 4.90 Å². The van der Waals surface area contributed by atoms with Gasteiger partial charge in [0.05, 0.1) is 24.3 Å². The molecular weight excluding hydrogens is 381 g/mol. The first kappa shape index (κ1) is 18.2. The Balaban J connectivity index is 1.95. The molecule has 132 valence electrons. The predicted molar refractivity (Wildman–Crippen MR) is 102 cm³/mol. The molecule has 1 fully saturated rings. The second-order valence-corrected chi connectivity index (χ2v) is 7.44. The summed E-state index contributed by atoms with van der Waals surface area (Å²) in [5, 5.41) is 0.808. The van der Waals surface area contributed by atoms with Gasteiger partial charge in [-0.2, -0.15) is 0 Å². The van der Waals surface area contributed by atoms with E-state index in [1.165, 1.54) is 0 Å². The predicted octanol–water partition coefficient (Wildman–Crippen LogP) is 4.90. The number of hydrogen-bond donors (Lipinski definition) is 0. The van der Waals surface area contributed by atoms with Crippen molar-refractivity contribution in [2.75, 3.05) is 26.5 Å². The molecule has 0 N–H and O–H groups in total. The van der Waals surface area contributed by atoms with Crippen molar-refractivity contribution < 1.29 is 14.3 Å². The normalized spacial score (nSPS) is 16.8. The van der Waals surface area contributed by atoms with Crippen molar-refractivity contribution >= 4 is 40.9 Å². The Kier molecular flexibility index (Phi) is 5.67. The van der Waals surface area contributed by atoms with Crippen LogP contribution in [0.25, 0.3) is 0 Å². The number of carbonyl (C=O) groups excluding carboxylic acids is 1. The number of thioether (sulfide) groups is 1. The zero-order valence-electron chi connectivity index (χ0n) is 13.8. The Morgan fingerprint density at radius 2 is 1.84 bits per heavy atom. The van der Waals surface area contributed by atoms with Gasteiger partial charge in [-0.1, -0.05) is 35.3 Å². The van der Waals surface area contributed by atoms with Crippen molar-refractivity contribution in [2.45, 2.75) is 5.37 Å². The lowest BCUT2D eigenvalue weighted by molar-refractivity contribution is 0.0759. The molecule has 1 atom stereocenters.